The molecule has 0 unspecified atom stereocenters. The summed E-state index contributed by atoms with van der Waals surface area (Å²) in [5, 5.41) is 0. The van der Waals surface area contributed by atoms with Crippen molar-refractivity contribution < 1.29 is 9.53 Å². The van der Waals surface area contributed by atoms with Crippen molar-refractivity contribution in [1.82, 2.24) is 9.97 Å². The number of nitrogens with zero attached hydrogens (tertiary/aromatic N) is 2. The number of ether oxygens (including phenoxy) is 1. The molecule has 82 valence electrons. The number of rotatable bonds is 3. The molecule has 0 bridgehead atoms. The molecular formula is C11H16N2O2. The van der Waals surface area contributed by atoms with Crippen molar-refractivity contribution in [2.45, 2.75) is 39.2 Å². The minimum atomic E-state index is -0.412. The van der Waals surface area contributed by atoms with Gasteiger partial charge < -0.3 is 4.74 Å². The maximum absolute atomic E-state index is 11.4. The highest BCUT2D eigenvalue weighted by molar-refractivity contribution is 5.70. The molecule has 1 aromatic rings. The molecule has 0 saturated carbocycles. The van der Waals surface area contributed by atoms with Gasteiger partial charge in [-0.05, 0) is 32.8 Å². The van der Waals surface area contributed by atoms with Crippen LogP contribution in [-0.4, -0.2) is 21.5 Å². The second-order valence-corrected chi connectivity index (χ2v) is 4.33. The van der Waals surface area contributed by atoms with Gasteiger partial charge in [0, 0.05) is 18.8 Å². The molecule has 0 amide bonds. The van der Waals surface area contributed by atoms with Crippen LogP contribution in [-0.2, 0) is 16.0 Å². The van der Waals surface area contributed by atoms with Gasteiger partial charge in [0.1, 0.15) is 11.9 Å². The first kappa shape index (κ1) is 11.6. The van der Waals surface area contributed by atoms with Gasteiger partial charge in [-0.1, -0.05) is 0 Å². The van der Waals surface area contributed by atoms with E-state index in [0.29, 0.717) is 12.8 Å². The van der Waals surface area contributed by atoms with Gasteiger partial charge in [0.25, 0.3) is 0 Å². The van der Waals surface area contributed by atoms with E-state index in [2.05, 4.69) is 9.97 Å². The van der Waals surface area contributed by atoms with Crippen LogP contribution >= 0.6 is 0 Å². The number of esters is 1. The van der Waals surface area contributed by atoms with Crippen molar-refractivity contribution in [3.8, 4) is 0 Å². The summed E-state index contributed by atoms with van der Waals surface area (Å²) in [6.07, 6.45) is 5.87. The smallest absolute Gasteiger partial charge is 0.306 e. The van der Waals surface area contributed by atoms with Crippen molar-refractivity contribution in [1.29, 1.82) is 0 Å². The van der Waals surface area contributed by atoms with Gasteiger partial charge in [0.15, 0.2) is 0 Å². The fourth-order valence-electron chi connectivity index (χ4n) is 1.10. The highest BCUT2D eigenvalue weighted by Gasteiger charge is 2.15. The minimum absolute atomic E-state index is 0.189. The Morgan fingerprint density at radius 3 is 2.47 bits per heavy atom. The van der Waals surface area contributed by atoms with E-state index in [4.69, 9.17) is 4.74 Å². The van der Waals surface area contributed by atoms with E-state index >= 15 is 0 Å². The van der Waals surface area contributed by atoms with Gasteiger partial charge in [-0.2, -0.15) is 0 Å². The predicted octanol–water partition coefficient (Wildman–Crippen LogP) is 1.75. The standard InChI is InChI=1S/C11H16N2O2/c1-11(2,3)15-10(14)5-4-9-6-12-8-13-7-9/h6-8H,4-5H2,1-3H3. The van der Waals surface area contributed by atoms with Crippen LogP contribution in [0.1, 0.15) is 32.8 Å². The zero-order valence-corrected chi connectivity index (χ0v) is 9.36. The largest absolute Gasteiger partial charge is 0.460 e. The molecule has 4 heteroatoms. The molecule has 0 radical (unpaired) electrons. The maximum Gasteiger partial charge on any atom is 0.306 e. The zero-order chi connectivity index (χ0) is 11.3. The van der Waals surface area contributed by atoms with E-state index in [1.807, 2.05) is 20.8 Å². The third-order valence-corrected chi connectivity index (χ3v) is 1.65. The Morgan fingerprint density at radius 1 is 1.33 bits per heavy atom. The van der Waals surface area contributed by atoms with Gasteiger partial charge in [-0.3, -0.25) is 4.79 Å². The van der Waals surface area contributed by atoms with Crippen molar-refractivity contribution >= 4 is 5.97 Å². The summed E-state index contributed by atoms with van der Waals surface area (Å²) < 4.78 is 5.18. The second-order valence-electron chi connectivity index (χ2n) is 4.33. The Kier molecular flexibility index (Phi) is 3.77. The highest BCUT2D eigenvalue weighted by atomic mass is 16.6. The molecule has 0 aliphatic heterocycles. The topological polar surface area (TPSA) is 52.1 Å². The van der Waals surface area contributed by atoms with E-state index in [9.17, 15) is 4.79 Å². The Morgan fingerprint density at radius 2 is 1.93 bits per heavy atom. The lowest BCUT2D eigenvalue weighted by atomic mass is 10.1. The lowest BCUT2D eigenvalue weighted by molar-refractivity contribution is -0.154. The lowest BCUT2D eigenvalue weighted by Gasteiger charge is -2.19. The minimum Gasteiger partial charge on any atom is -0.460 e. The van der Waals surface area contributed by atoms with Crippen LogP contribution < -0.4 is 0 Å². The molecule has 0 fully saturated rings. The molecule has 0 spiro atoms. The number of aryl methyl sites for hydroxylation is 1. The van der Waals surface area contributed by atoms with Gasteiger partial charge in [0.05, 0.1) is 0 Å². The highest BCUT2D eigenvalue weighted by Crippen LogP contribution is 2.09. The van der Waals surface area contributed by atoms with Crippen LogP contribution in [0, 0.1) is 0 Å². The van der Waals surface area contributed by atoms with Gasteiger partial charge >= 0.3 is 5.97 Å². The number of hydrogen-bond donors (Lipinski definition) is 0. The SMILES string of the molecule is CC(C)(C)OC(=O)CCc1cncnc1. The fraction of sp³-hybridized carbons (Fsp3) is 0.545. The number of carbonyl (C=O) groups is 1. The molecule has 0 aliphatic rings. The summed E-state index contributed by atoms with van der Waals surface area (Å²) in [6, 6.07) is 0. The molecule has 0 N–H and O–H groups in total. The van der Waals surface area contributed by atoms with E-state index in [1.165, 1.54) is 6.33 Å². The summed E-state index contributed by atoms with van der Waals surface area (Å²) in [7, 11) is 0. The Bertz CT molecular complexity index is 317. The van der Waals surface area contributed by atoms with Gasteiger partial charge in [-0.25, -0.2) is 9.97 Å². The number of hydrogen-bond acceptors (Lipinski definition) is 4. The van der Waals surface area contributed by atoms with Crippen LogP contribution in [0.5, 0.6) is 0 Å². The molecule has 1 aromatic heterocycles. The Hall–Kier alpha value is -1.45. The number of carbonyl (C=O) groups excluding carboxylic acids is 1. The molecule has 1 rings (SSSR count). The average molecular weight is 208 g/mol. The summed E-state index contributed by atoms with van der Waals surface area (Å²) in [6.45, 7) is 5.57. The zero-order valence-electron chi connectivity index (χ0n) is 9.36. The van der Waals surface area contributed by atoms with E-state index in [-0.39, 0.29) is 5.97 Å². The molecule has 0 aromatic carbocycles. The third kappa shape index (κ3) is 5.10. The third-order valence-electron chi connectivity index (χ3n) is 1.65. The Balaban J connectivity index is 2.35. The first-order chi connectivity index (χ1) is 6.97. The van der Waals surface area contributed by atoms with Crippen molar-refractivity contribution in [2.24, 2.45) is 0 Å². The maximum atomic E-state index is 11.4. The molecule has 0 aliphatic carbocycles. The predicted molar refractivity (Wildman–Crippen MR) is 56.2 cm³/mol. The molecule has 0 saturated heterocycles. The van der Waals surface area contributed by atoms with Crippen molar-refractivity contribution in [2.75, 3.05) is 0 Å². The molecule has 15 heavy (non-hydrogen) atoms. The molecule has 1 heterocycles. The molecular weight excluding hydrogens is 192 g/mol. The van der Waals surface area contributed by atoms with Crippen LogP contribution in [0.15, 0.2) is 18.7 Å². The first-order valence-electron chi connectivity index (χ1n) is 4.93. The summed E-state index contributed by atoms with van der Waals surface area (Å²) in [5.41, 5.74) is 0.535. The average Bonchev–Trinajstić information content (AvgIpc) is 2.14. The van der Waals surface area contributed by atoms with E-state index in [1.54, 1.807) is 12.4 Å². The van der Waals surface area contributed by atoms with E-state index in [0.717, 1.165) is 5.56 Å². The summed E-state index contributed by atoms with van der Waals surface area (Å²) in [4.78, 5) is 19.1. The Labute approximate surface area is 89.7 Å². The fourth-order valence-corrected chi connectivity index (χ4v) is 1.10. The van der Waals surface area contributed by atoms with E-state index < -0.39 is 5.60 Å². The quantitative estimate of drug-likeness (QED) is 0.710. The molecule has 4 nitrogen and oxygen atoms in total. The molecule has 0 atom stereocenters. The van der Waals surface area contributed by atoms with Crippen LogP contribution in [0.4, 0.5) is 0 Å². The second kappa shape index (κ2) is 4.87. The normalized spacial score (nSPS) is 11.1. The monoisotopic (exact) mass is 208 g/mol. The summed E-state index contributed by atoms with van der Waals surface area (Å²) >= 11 is 0. The first-order valence-corrected chi connectivity index (χ1v) is 4.93. The van der Waals surface area contributed by atoms with Gasteiger partial charge in [0.2, 0.25) is 0 Å². The van der Waals surface area contributed by atoms with Crippen molar-refractivity contribution in [3.63, 3.8) is 0 Å². The van der Waals surface area contributed by atoms with Crippen LogP contribution in [0.2, 0.25) is 0 Å². The van der Waals surface area contributed by atoms with Crippen LogP contribution in [0.3, 0.4) is 0 Å². The van der Waals surface area contributed by atoms with Crippen molar-refractivity contribution in [3.05, 3.63) is 24.3 Å². The summed E-state index contributed by atoms with van der Waals surface area (Å²) in [5.74, 6) is -0.189. The lowest BCUT2D eigenvalue weighted by Crippen LogP contribution is -2.24. The number of aromatic nitrogens is 2. The van der Waals surface area contributed by atoms with Crippen LogP contribution in [0.25, 0.3) is 0 Å². The van der Waals surface area contributed by atoms with Gasteiger partial charge in [-0.15, -0.1) is 0 Å².